The fourth-order valence-electron chi connectivity index (χ4n) is 6.56. The van der Waals surface area contributed by atoms with Crippen molar-refractivity contribution in [2.45, 2.75) is 45.3 Å². The molecule has 2 N–H and O–H groups in total. The van der Waals surface area contributed by atoms with Crippen LogP contribution in [0.4, 0.5) is 5.69 Å². The third-order valence-electron chi connectivity index (χ3n) is 8.94. The lowest BCUT2D eigenvalue weighted by atomic mass is 9.86. The van der Waals surface area contributed by atoms with Crippen molar-refractivity contribution in [1.29, 1.82) is 5.26 Å². The van der Waals surface area contributed by atoms with E-state index in [1.807, 2.05) is 24.7 Å². The Bertz CT molecular complexity index is 1430. The second-order valence-electron chi connectivity index (χ2n) is 12.4. The highest BCUT2D eigenvalue weighted by Gasteiger charge is 2.45. The van der Waals surface area contributed by atoms with E-state index in [0.717, 1.165) is 61.9 Å². The number of pyridine rings is 2. The lowest BCUT2D eigenvalue weighted by Crippen LogP contribution is -2.69. The SMILES string of the molecule is COc1ccc(CN2C3CC2CN(C2=NC=C(c4cc(N5CCC(C)(C)C5)cnc4C(C#N)=CN)N(C)C2)C3)cn1. The number of fused-ring (bicyclic) bond motifs is 2. The maximum Gasteiger partial charge on any atom is 0.212 e. The molecule has 0 spiro atoms. The number of aliphatic imine (C=N–C) groups is 1. The van der Waals surface area contributed by atoms with Crippen LogP contribution in [0.25, 0.3) is 11.3 Å². The number of allylic oxidation sites excluding steroid dienone is 1. The molecule has 2 unspecified atom stereocenters. The molecule has 0 amide bonds. The second-order valence-corrected chi connectivity index (χ2v) is 12.4. The number of anilines is 1. The van der Waals surface area contributed by atoms with Gasteiger partial charge in [-0.25, -0.2) is 9.98 Å². The zero-order valence-corrected chi connectivity index (χ0v) is 24.4. The highest BCUT2D eigenvalue weighted by Crippen LogP contribution is 2.37. The van der Waals surface area contributed by atoms with Gasteiger partial charge >= 0.3 is 0 Å². The normalized spacial score (nSPS) is 24.0. The van der Waals surface area contributed by atoms with E-state index in [9.17, 15) is 5.26 Å². The van der Waals surface area contributed by atoms with Crippen LogP contribution in [0.2, 0.25) is 0 Å². The predicted octanol–water partition coefficient (Wildman–Crippen LogP) is 3.15. The molecule has 10 heteroatoms. The summed E-state index contributed by atoms with van der Waals surface area (Å²) in [6, 6.07) is 9.42. The Morgan fingerprint density at radius 2 is 2.00 bits per heavy atom. The van der Waals surface area contributed by atoms with Gasteiger partial charge in [0.1, 0.15) is 11.9 Å². The largest absolute Gasteiger partial charge is 0.481 e. The maximum atomic E-state index is 9.77. The molecule has 0 aliphatic carbocycles. The zero-order chi connectivity index (χ0) is 28.7. The molecule has 5 aliphatic heterocycles. The fourth-order valence-corrected chi connectivity index (χ4v) is 6.56. The van der Waals surface area contributed by atoms with Gasteiger partial charge < -0.3 is 25.2 Å². The minimum absolute atomic E-state index is 0.268. The van der Waals surface area contributed by atoms with Crippen LogP contribution < -0.4 is 15.4 Å². The van der Waals surface area contributed by atoms with Gasteiger partial charge in [0.2, 0.25) is 5.88 Å². The predicted molar refractivity (Wildman–Crippen MR) is 161 cm³/mol. The van der Waals surface area contributed by atoms with Gasteiger partial charge in [-0.05, 0) is 29.9 Å². The first-order valence-corrected chi connectivity index (χ1v) is 14.3. The van der Waals surface area contributed by atoms with Gasteiger partial charge in [-0.15, -0.1) is 0 Å². The van der Waals surface area contributed by atoms with Crippen molar-refractivity contribution < 1.29 is 4.74 Å². The van der Waals surface area contributed by atoms with Crippen molar-refractivity contribution in [2.24, 2.45) is 16.1 Å². The van der Waals surface area contributed by atoms with Crippen molar-refractivity contribution in [3.05, 3.63) is 59.8 Å². The average molecular weight is 554 g/mol. The Kier molecular flexibility index (Phi) is 7.08. The fraction of sp³-hybridized carbons (Fsp3) is 0.484. The first kappa shape index (κ1) is 27.1. The lowest BCUT2D eigenvalue weighted by Gasteiger charge is -2.57. The molecule has 7 heterocycles. The number of likely N-dealkylation sites (N-methyl/N-ethyl adjacent to an activating group) is 1. The summed E-state index contributed by atoms with van der Waals surface area (Å²) in [6.07, 6.45) is 9.42. The van der Waals surface area contributed by atoms with Gasteiger partial charge in [0, 0.05) is 75.9 Å². The summed E-state index contributed by atoms with van der Waals surface area (Å²) in [4.78, 5) is 23.7. The molecule has 10 nitrogen and oxygen atoms in total. The van der Waals surface area contributed by atoms with Crippen LogP contribution in [0, 0.1) is 16.7 Å². The number of piperazine rings is 1. The monoisotopic (exact) mass is 553 g/mol. The summed E-state index contributed by atoms with van der Waals surface area (Å²) in [5.74, 6) is 1.73. The molecular weight excluding hydrogens is 514 g/mol. The van der Waals surface area contributed by atoms with E-state index in [-0.39, 0.29) is 5.41 Å². The molecule has 2 aromatic rings. The van der Waals surface area contributed by atoms with Crippen LogP contribution in [0.5, 0.6) is 5.88 Å². The molecule has 0 saturated carbocycles. The summed E-state index contributed by atoms with van der Waals surface area (Å²) in [5, 5.41) is 9.77. The van der Waals surface area contributed by atoms with Gasteiger partial charge in [0.25, 0.3) is 0 Å². The molecule has 2 aromatic heterocycles. The van der Waals surface area contributed by atoms with Gasteiger partial charge in [0.05, 0.1) is 48.7 Å². The Balaban J connectivity index is 1.21. The number of piperidine rings is 1. The molecular formula is C31H39N9O. The standard InChI is InChI=1S/C31H39N9O/c1-31(2)7-8-38(20-31)23-10-26(30(36-14-23)22(11-32)12-33)27-15-34-28(19-37(27)3)39-17-24-9-25(18-39)40(24)16-21-5-6-29(41-4)35-13-21/h5-6,10-11,13-15,24-25H,7-9,16-20,32H2,1-4H3. The minimum Gasteiger partial charge on any atom is -0.481 e. The highest BCUT2D eigenvalue weighted by molar-refractivity contribution is 5.91. The van der Waals surface area contributed by atoms with Crippen molar-refractivity contribution in [3.63, 3.8) is 0 Å². The summed E-state index contributed by atoms with van der Waals surface area (Å²) in [7, 11) is 3.73. The van der Waals surface area contributed by atoms with Crippen LogP contribution in [0.15, 0.2) is 48.0 Å². The third kappa shape index (κ3) is 5.22. The number of ether oxygens (including phenoxy) is 1. The van der Waals surface area contributed by atoms with E-state index in [4.69, 9.17) is 20.4 Å². The van der Waals surface area contributed by atoms with Crippen LogP contribution in [0.3, 0.4) is 0 Å². The molecule has 2 atom stereocenters. The Morgan fingerprint density at radius 3 is 2.61 bits per heavy atom. The average Bonchev–Trinajstić information content (AvgIpc) is 3.36. The smallest absolute Gasteiger partial charge is 0.212 e. The lowest BCUT2D eigenvalue weighted by molar-refractivity contribution is -0.0547. The second kappa shape index (κ2) is 10.7. The maximum absolute atomic E-state index is 9.77. The molecule has 0 aromatic carbocycles. The molecule has 0 radical (unpaired) electrons. The van der Waals surface area contributed by atoms with E-state index >= 15 is 0 Å². The van der Waals surface area contributed by atoms with Crippen LogP contribution in [-0.4, -0.2) is 89.5 Å². The van der Waals surface area contributed by atoms with Gasteiger partial charge in [0.15, 0.2) is 0 Å². The number of amidine groups is 1. The van der Waals surface area contributed by atoms with E-state index in [2.05, 4.69) is 63.7 Å². The zero-order valence-electron chi connectivity index (χ0n) is 24.4. The topological polar surface area (TPSA) is 110 Å². The summed E-state index contributed by atoms with van der Waals surface area (Å²) < 4.78 is 5.20. The van der Waals surface area contributed by atoms with Crippen molar-refractivity contribution in [3.8, 4) is 11.9 Å². The summed E-state index contributed by atoms with van der Waals surface area (Å²) >= 11 is 0. The van der Waals surface area contributed by atoms with Crippen molar-refractivity contribution in [2.75, 3.05) is 51.8 Å². The van der Waals surface area contributed by atoms with E-state index in [0.29, 0.717) is 35.8 Å². The van der Waals surface area contributed by atoms with Gasteiger partial charge in [-0.3, -0.25) is 9.88 Å². The Morgan fingerprint density at radius 1 is 1.20 bits per heavy atom. The molecule has 2 bridgehead atoms. The molecule has 214 valence electrons. The first-order chi connectivity index (χ1) is 19.8. The molecule has 4 saturated heterocycles. The number of nitriles is 1. The van der Waals surface area contributed by atoms with E-state index in [1.165, 1.54) is 18.2 Å². The number of nitrogens with zero attached hydrogens (tertiary/aromatic N) is 8. The number of hydrogen-bond acceptors (Lipinski definition) is 10. The van der Waals surface area contributed by atoms with Crippen LogP contribution in [0.1, 0.15) is 43.5 Å². The Hall–Kier alpha value is -4.10. The number of methoxy groups -OCH3 is 1. The van der Waals surface area contributed by atoms with Gasteiger partial charge in [-0.2, -0.15) is 5.26 Å². The molecule has 4 fully saturated rings. The first-order valence-electron chi connectivity index (χ1n) is 14.3. The number of rotatable bonds is 6. The van der Waals surface area contributed by atoms with E-state index < -0.39 is 0 Å². The number of aromatic nitrogens is 2. The molecule has 5 aliphatic rings. The third-order valence-corrected chi connectivity index (χ3v) is 8.94. The quantitative estimate of drug-likeness (QED) is 0.540. The summed E-state index contributed by atoms with van der Waals surface area (Å²) in [6.45, 7) is 10.1. The van der Waals surface area contributed by atoms with Crippen molar-refractivity contribution >= 4 is 22.8 Å². The minimum atomic E-state index is 0.268. The summed E-state index contributed by atoms with van der Waals surface area (Å²) in [5.41, 5.74) is 11.2. The van der Waals surface area contributed by atoms with Gasteiger partial charge in [-0.1, -0.05) is 19.9 Å². The Labute approximate surface area is 242 Å². The molecule has 7 rings (SSSR count). The van der Waals surface area contributed by atoms with Crippen molar-refractivity contribution in [1.82, 2.24) is 24.7 Å². The van der Waals surface area contributed by atoms with Crippen LogP contribution in [-0.2, 0) is 6.54 Å². The number of nitrogens with two attached hydrogens (primary N) is 1. The van der Waals surface area contributed by atoms with Crippen LogP contribution >= 0.6 is 0 Å². The number of hydrogen-bond donors (Lipinski definition) is 1. The molecule has 41 heavy (non-hydrogen) atoms. The van der Waals surface area contributed by atoms with E-state index in [1.54, 1.807) is 7.11 Å². The highest BCUT2D eigenvalue weighted by atomic mass is 16.5.